The van der Waals surface area contributed by atoms with E-state index in [9.17, 15) is 0 Å². The molecule has 0 radical (unpaired) electrons. The van der Waals surface area contributed by atoms with Crippen LogP contribution in [0, 0.1) is 5.92 Å². The van der Waals surface area contributed by atoms with Crippen LogP contribution in [-0.2, 0) is 0 Å². The van der Waals surface area contributed by atoms with Crippen LogP contribution in [0.5, 0.6) is 0 Å². The monoisotopic (exact) mass is 148 g/mol. The Morgan fingerprint density at radius 1 is 1.55 bits per heavy atom. The molecule has 0 aromatic carbocycles. The second-order valence-electron chi connectivity index (χ2n) is 3.93. The topological polar surface area (TPSA) is 3.01 Å². The summed E-state index contributed by atoms with van der Waals surface area (Å²) in [6.45, 7) is 6.96. The molecule has 0 spiro atoms. The van der Waals surface area contributed by atoms with Crippen molar-refractivity contribution in [3.63, 3.8) is 0 Å². The first-order valence-corrected chi connectivity index (χ1v) is 4.11. The Bertz CT molecular complexity index is 166. The number of nitrogens with zero attached hydrogens (tertiary/aromatic N) is 1. The summed E-state index contributed by atoms with van der Waals surface area (Å²) in [5.41, 5.74) is 0.373. The van der Waals surface area contributed by atoms with Gasteiger partial charge in [0.15, 0.2) is 5.54 Å². The summed E-state index contributed by atoms with van der Waals surface area (Å²) in [6.07, 6.45) is 4.90. The third-order valence-corrected chi connectivity index (χ3v) is 3.12. The van der Waals surface area contributed by atoms with Gasteiger partial charge in [-0.25, -0.2) is 4.58 Å². The zero-order chi connectivity index (χ0) is 7.78. The molecule has 1 aliphatic heterocycles. The summed E-state index contributed by atoms with van der Waals surface area (Å²) >= 11 is 0. The van der Waals surface area contributed by atoms with Crippen molar-refractivity contribution in [2.45, 2.75) is 39.2 Å². The van der Waals surface area contributed by atoms with Crippen molar-refractivity contribution in [2.75, 3.05) is 7.05 Å². The Kier molecular flexibility index (Phi) is 3.88. The Hall–Kier alpha value is 0.267. The quantitative estimate of drug-likeness (QED) is 0.307. The van der Waals surface area contributed by atoms with E-state index in [-0.39, 0.29) is 20.3 Å². The maximum atomic E-state index is 2.35. The molecule has 11 heavy (non-hydrogen) atoms. The van der Waals surface area contributed by atoms with Gasteiger partial charge in [-0.3, -0.25) is 0 Å². The predicted octanol–water partition coefficient (Wildman–Crippen LogP) is -0.975. The average molecular weight is 148 g/mol. The van der Waals surface area contributed by atoms with E-state index >= 15 is 0 Å². The molecule has 0 saturated heterocycles. The molecule has 0 saturated carbocycles. The molecule has 1 nitrogen and oxygen atoms in total. The van der Waals surface area contributed by atoms with Crippen LogP contribution in [0.3, 0.4) is 0 Å². The molecular weight excluding hydrogens is 129 g/mol. The second kappa shape index (κ2) is 3.78. The van der Waals surface area contributed by atoms with Gasteiger partial charge in [0.25, 0.3) is 0 Å². The minimum absolute atomic E-state index is 0. The van der Waals surface area contributed by atoms with Crippen LogP contribution in [0.1, 0.15) is 35.0 Å². The third kappa shape index (κ3) is 2.10. The molecule has 1 atom stereocenters. The summed E-state index contributed by atoms with van der Waals surface area (Å²) in [5.74, 6) is 0.822. The van der Waals surface area contributed by atoms with Gasteiger partial charge in [0, 0.05) is 26.2 Å². The third-order valence-electron chi connectivity index (χ3n) is 3.12. The van der Waals surface area contributed by atoms with Crippen molar-refractivity contribution in [3.8, 4) is 0 Å². The number of rotatable bonds is 0. The van der Waals surface area contributed by atoms with E-state index < -0.39 is 0 Å². The predicted molar refractivity (Wildman–Crippen MR) is 45.8 cm³/mol. The van der Waals surface area contributed by atoms with Crippen LogP contribution in [0.4, 0.5) is 0 Å². The molecule has 1 aliphatic rings. The minimum Gasteiger partial charge on any atom is -1.00 e. The van der Waals surface area contributed by atoms with Crippen molar-refractivity contribution in [3.05, 3.63) is 0 Å². The van der Waals surface area contributed by atoms with Crippen molar-refractivity contribution in [1.82, 2.24) is 0 Å². The van der Waals surface area contributed by atoms with E-state index in [1.807, 2.05) is 0 Å². The molecule has 60 valence electrons. The molecule has 0 amide bonds. The fourth-order valence-electron chi connectivity index (χ4n) is 1.45. The molecule has 0 N–H and O–H groups in total. The Morgan fingerprint density at radius 3 is 2.45 bits per heavy atom. The van der Waals surface area contributed by atoms with Crippen LogP contribution in [0.25, 0.3) is 0 Å². The van der Waals surface area contributed by atoms with E-state index in [1.54, 1.807) is 0 Å². The van der Waals surface area contributed by atoms with Crippen LogP contribution < -0.4 is 18.9 Å². The molecule has 0 bridgehead atoms. The standard InChI is InChI=1S/C9H18N.Li.H/c1-8-6-5-7-10(4)9(8,2)3;;/h7-8H,5-6H2,1-4H3;;/q2*+1;-1. The fraction of sp³-hybridized carbons (Fsp3) is 0.889. The summed E-state index contributed by atoms with van der Waals surface area (Å²) in [4.78, 5) is 0. The van der Waals surface area contributed by atoms with Crippen molar-refractivity contribution >= 4 is 6.21 Å². The summed E-state index contributed by atoms with van der Waals surface area (Å²) in [7, 11) is 2.18. The van der Waals surface area contributed by atoms with Gasteiger partial charge < -0.3 is 1.43 Å². The van der Waals surface area contributed by atoms with Crippen LogP contribution >= 0.6 is 0 Å². The van der Waals surface area contributed by atoms with E-state index in [2.05, 4.69) is 38.6 Å². The zero-order valence-electron chi connectivity index (χ0n) is 9.52. The Balaban J connectivity index is 0. The van der Waals surface area contributed by atoms with Gasteiger partial charge in [-0.15, -0.1) is 0 Å². The molecule has 0 aliphatic carbocycles. The number of hydrogen-bond donors (Lipinski definition) is 0. The molecule has 0 aromatic rings. The zero-order valence-corrected chi connectivity index (χ0v) is 8.52. The first-order chi connectivity index (χ1) is 4.55. The maximum absolute atomic E-state index is 2.35. The summed E-state index contributed by atoms with van der Waals surface area (Å²) in [6, 6.07) is 0. The molecule has 1 unspecified atom stereocenters. The van der Waals surface area contributed by atoms with Crippen LogP contribution in [0.15, 0.2) is 0 Å². The van der Waals surface area contributed by atoms with Gasteiger partial charge in [-0.05, 0) is 6.42 Å². The fourth-order valence-corrected chi connectivity index (χ4v) is 1.45. The molecule has 1 rings (SSSR count). The Labute approximate surface area is 83.5 Å². The smallest absolute Gasteiger partial charge is 1.00 e. The van der Waals surface area contributed by atoms with Gasteiger partial charge in [0.1, 0.15) is 13.3 Å². The summed E-state index contributed by atoms with van der Waals surface area (Å²) < 4.78 is 2.35. The maximum Gasteiger partial charge on any atom is 1.00 e. The van der Waals surface area contributed by atoms with E-state index in [1.165, 1.54) is 12.8 Å². The van der Waals surface area contributed by atoms with E-state index in [0.29, 0.717) is 5.54 Å². The van der Waals surface area contributed by atoms with Gasteiger partial charge in [-0.2, -0.15) is 0 Å². The van der Waals surface area contributed by atoms with Gasteiger partial charge in [0.05, 0.1) is 0 Å². The van der Waals surface area contributed by atoms with Crippen molar-refractivity contribution in [1.29, 1.82) is 0 Å². The average Bonchev–Trinajstić information content (AvgIpc) is 1.84. The van der Waals surface area contributed by atoms with Crippen LogP contribution in [-0.4, -0.2) is 23.4 Å². The Morgan fingerprint density at radius 2 is 2.09 bits per heavy atom. The first-order valence-electron chi connectivity index (χ1n) is 4.11. The van der Waals surface area contributed by atoms with E-state index in [4.69, 9.17) is 0 Å². The summed E-state index contributed by atoms with van der Waals surface area (Å²) in [5, 5.41) is 0. The minimum atomic E-state index is 0. The molecule has 0 aromatic heterocycles. The first kappa shape index (κ1) is 11.3. The normalized spacial score (nSPS) is 28.7. The largest absolute Gasteiger partial charge is 1.00 e. The van der Waals surface area contributed by atoms with Gasteiger partial charge in [-0.1, -0.05) is 6.92 Å². The van der Waals surface area contributed by atoms with E-state index in [0.717, 1.165) is 5.92 Å². The van der Waals surface area contributed by atoms with Crippen LogP contribution in [0.2, 0.25) is 0 Å². The molecule has 2 heteroatoms. The SMILES string of the molecule is CC1CCC=[N+](C)C1(C)C.[H-].[Li+]. The molecule has 0 fully saturated rings. The van der Waals surface area contributed by atoms with Gasteiger partial charge >= 0.3 is 18.9 Å². The molecule has 1 heterocycles. The number of hydrogen-bond acceptors (Lipinski definition) is 0. The van der Waals surface area contributed by atoms with Crippen molar-refractivity contribution in [2.24, 2.45) is 5.92 Å². The molecular formula is C9H19LiN+. The van der Waals surface area contributed by atoms with Crippen molar-refractivity contribution < 1.29 is 24.9 Å². The van der Waals surface area contributed by atoms with Gasteiger partial charge in [0.2, 0.25) is 0 Å². The second-order valence-corrected chi connectivity index (χ2v) is 3.93.